The Morgan fingerprint density at radius 1 is 1.60 bits per heavy atom. The van der Waals surface area contributed by atoms with Crippen LogP contribution < -0.4 is 5.32 Å². The average Bonchev–Trinajstić information content (AvgIpc) is 2.14. The summed E-state index contributed by atoms with van der Waals surface area (Å²) in [6.07, 6.45) is -0.605. The molecule has 1 rings (SSSR count). The van der Waals surface area contributed by atoms with Crippen LogP contribution in [0.5, 0.6) is 5.75 Å². The van der Waals surface area contributed by atoms with Gasteiger partial charge in [-0.25, -0.2) is 0 Å². The van der Waals surface area contributed by atoms with Gasteiger partial charge in [-0.2, -0.15) is 0 Å². The first-order valence-corrected chi connectivity index (χ1v) is 5.25. The zero-order valence-electron chi connectivity index (χ0n) is 8.20. The van der Waals surface area contributed by atoms with Gasteiger partial charge in [0.05, 0.1) is 11.7 Å². The van der Waals surface area contributed by atoms with Crippen molar-refractivity contribution in [1.29, 1.82) is 0 Å². The first-order chi connectivity index (χ1) is 7.00. The highest BCUT2D eigenvalue weighted by Gasteiger charge is 2.11. The Balaban J connectivity index is 2.74. The summed E-state index contributed by atoms with van der Waals surface area (Å²) >= 11 is 3.18. The van der Waals surface area contributed by atoms with Gasteiger partial charge >= 0.3 is 0 Å². The van der Waals surface area contributed by atoms with Crippen LogP contribution in [0.4, 0.5) is 0 Å². The van der Waals surface area contributed by atoms with E-state index in [2.05, 4.69) is 21.2 Å². The molecule has 1 atom stereocenters. The van der Waals surface area contributed by atoms with Crippen molar-refractivity contribution in [2.24, 2.45) is 0 Å². The third-order valence-corrected chi connectivity index (χ3v) is 2.26. The molecule has 0 spiro atoms. The zero-order chi connectivity index (χ0) is 11.4. The van der Waals surface area contributed by atoms with E-state index in [1.54, 1.807) is 13.0 Å². The van der Waals surface area contributed by atoms with Gasteiger partial charge in [-0.05, 0) is 25.1 Å². The van der Waals surface area contributed by atoms with Gasteiger partial charge in [-0.3, -0.25) is 4.79 Å². The number of amides is 1. The van der Waals surface area contributed by atoms with Crippen molar-refractivity contribution in [3.05, 3.63) is 28.2 Å². The van der Waals surface area contributed by atoms with Crippen molar-refractivity contribution in [2.75, 3.05) is 6.54 Å². The summed E-state index contributed by atoms with van der Waals surface area (Å²) in [5.74, 6) is -0.492. The summed E-state index contributed by atoms with van der Waals surface area (Å²) in [7, 11) is 0. The number of carbonyl (C=O) groups excluding carboxylic acids is 1. The van der Waals surface area contributed by atoms with Gasteiger partial charge in [0.15, 0.2) is 0 Å². The van der Waals surface area contributed by atoms with Gasteiger partial charge in [0, 0.05) is 11.0 Å². The minimum Gasteiger partial charge on any atom is -0.507 e. The van der Waals surface area contributed by atoms with Crippen LogP contribution in [0, 0.1) is 0 Å². The zero-order valence-corrected chi connectivity index (χ0v) is 9.78. The lowest BCUT2D eigenvalue weighted by atomic mass is 10.2. The number of aromatic hydroxyl groups is 1. The smallest absolute Gasteiger partial charge is 0.255 e. The molecule has 15 heavy (non-hydrogen) atoms. The Morgan fingerprint density at radius 3 is 2.80 bits per heavy atom. The average molecular weight is 274 g/mol. The molecular weight excluding hydrogens is 262 g/mol. The monoisotopic (exact) mass is 273 g/mol. The maximum atomic E-state index is 11.5. The molecule has 0 saturated heterocycles. The minimum atomic E-state index is -0.605. The second-order valence-electron chi connectivity index (χ2n) is 3.22. The molecule has 0 radical (unpaired) electrons. The fourth-order valence-corrected chi connectivity index (χ4v) is 1.38. The molecule has 0 unspecified atom stereocenters. The van der Waals surface area contributed by atoms with Gasteiger partial charge < -0.3 is 15.5 Å². The van der Waals surface area contributed by atoms with Crippen LogP contribution in [-0.4, -0.2) is 28.8 Å². The molecule has 3 N–H and O–H groups in total. The van der Waals surface area contributed by atoms with Crippen LogP contribution in [0.15, 0.2) is 22.7 Å². The molecule has 4 nitrogen and oxygen atoms in total. The number of aliphatic hydroxyl groups excluding tert-OH is 1. The molecule has 1 aromatic carbocycles. The lowest BCUT2D eigenvalue weighted by Gasteiger charge is -2.08. The molecular formula is C10H12BrNO3. The summed E-state index contributed by atoms with van der Waals surface area (Å²) in [6.45, 7) is 1.73. The number of phenolic OH excluding ortho intramolecular Hbond substituents is 1. The molecule has 0 saturated carbocycles. The molecule has 0 aliphatic carbocycles. The number of phenols is 1. The number of nitrogens with one attached hydrogen (secondary N) is 1. The van der Waals surface area contributed by atoms with Crippen LogP contribution in [0.2, 0.25) is 0 Å². The highest BCUT2D eigenvalue weighted by atomic mass is 79.9. The third-order valence-electron chi connectivity index (χ3n) is 1.76. The second-order valence-corrected chi connectivity index (χ2v) is 4.14. The first kappa shape index (κ1) is 12.0. The van der Waals surface area contributed by atoms with Crippen molar-refractivity contribution in [3.63, 3.8) is 0 Å². The van der Waals surface area contributed by atoms with Crippen molar-refractivity contribution in [3.8, 4) is 5.75 Å². The lowest BCUT2D eigenvalue weighted by Crippen LogP contribution is -2.30. The van der Waals surface area contributed by atoms with Crippen LogP contribution >= 0.6 is 15.9 Å². The maximum absolute atomic E-state index is 11.5. The molecule has 0 bridgehead atoms. The summed E-state index contributed by atoms with van der Waals surface area (Å²) in [5.41, 5.74) is 0.193. The number of hydrogen-bond acceptors (Lipinski definition) is 3. The second kappa shape index (κ2) is 5.14. The Labute approximate surface area is 96.1 Å². The molecule has 0 heterocycles. The highest BCUT2D eigenvalue weighted by Crippen LogP contribution is 2.21. The van der Waals surface area contributed by atoms with Crippen LogP contribution in [0.3, 0.4) is 0 Å². The van der Waals surface area contributed by atoms with E-state index in [0.29, 0.717) is 4.47 Å². The normalized spacial score (nSPS) is 12.2. The summed E-state index contributed by atoms with van der Waals surface area (Å²) in [5, 5.41) is 20.9. The number of rotatable bonds is 3. The quantitative estimate of drug-likeness (QED) is 0.777. The summed E-state index contributed by atoms with van der Waals surface area (Å²) in [6, 6.07) is 4.62. The number of carbonyl (C=O) groups is 1. The third kappa shape index (κ3) is 3.53. The molecule has 82 valence electrons. The van der Waals surface area contributed by atoms with E-state index in [9.17, 15) is 9.90 Å². The topological polar surface area (TPSA) is 69.6 Å². The Morgan fingerprint density at radius 2 is 2.27 bits per heavy atom. The van der Waals surface area contributed by atoms with Gasteiger partial charge in [-0.1, -0.05) is 15.9 Å². The SMILES string of the molecule is C[C@@H](O)CNC(=O)c1ccc(Br)cc1O. The molecule has 0 aliphatic rings. The van der Waals surface area contributed by atoms with Gasteiger partial charge in [0.25, 0.3) is 5.91 Å². The van der Waals surface area contributed by atoms with E-state index < -0.39 is 12.0 Å². The van der Waals surface area contributed by atoms with Gasteiger partial charge in [0.1, 0.15) is 5.75 Å². The van der Waals surface area contributed by atoms with E-state index in [1.807, 2.05) is 0 Å². The maximum Gasteiger partial charge on any atom is 0.255 e. The number of aliphatic hydroxyl groups is 1. The van der Waals surface area contributed by atoms with E-state index >= 15 is 0 Å². The minimum absolute atomic E-state index is 0.0903. The predicted molar refractivity (Wildman–Crippen MR) is 59.8 cm³/mol. The van der Waals surface area contributed by atoms with Gasteiger partial charge in [0.2, 0.25) is 0 Å². The van der Waals surface area contributed by atoms with E-state index in [4.69, 9.17) is 5.11 Å². The largest absolute Gasteiger partial charge is 0.507 e. The van der Waals surface area contributed by atoms with Crippen LogP contribution in [0.25, 0.3) is 0 Å². The number of benzene rings is 1. The van der Waals surface area contributed by atoms with E-state index in [0.717, 1.165) is 0 Å². The number of hydrogen-bond donors (Lipinski definition) is 3. The van der Waals surface area contributed by atoms with Crippen LogP contribution in [0.1, 0.15) is 17.3 Å². The fourth-order valence-electron chi connectivity index (χ4n) is 1.03. The molecule has 0 fully saturated rings. The molecule has 1 aromatic rings. The van der Waals surface area contributed by atoms with Crippen molar-refractivity contribution in [2.45, 2.75) is 13.0 Å². The highest BCUT2D eigenvalue weighted by molar-refractivity contribution is 9.10. The standard InChI is InChI=1S/C10H12BrNO3/c1-6(13)5-12-10(15)8-3-2-7(11)4-9(8)14/h2-4,6,13-14H,5H2,1H3,(H,12,15)/t6-/m1/s1. The Bertz CT molecular complexity index is 366. The fraction of sp³-hybridized carbons (Fsp3) is 0.300. The van der Waals surface area contributed by atoms with Crippen molar-refractivity contribution < 1.29 is 15.0 Å². The first-order valence-electron chi connectivity index (χ1n) is 4.45. The van der Waals surface area contributed by atoms with Crippen LogP contribution in [-0.2, 0) is 0 Å². The van der Waals surface area contributed by atoms with Crippen molar-refractivity contribution in [1.82, 2.24) is 5.32 Å². The van der Waals surface area contributed by atoms with Gasteiger partial charge in [-0.15, -0.1) is 0 Å². The summed E-state index contributed by atoms with van der Waals surface area (Å²) in [4.78, 5) is 11.5. The Kier molecular flexibility index (Phi) is 4.11. The Hall–Kier alpha value is -1.07. The van der Waals surface area contributed by atoms with E-state index in [-0.39, 0.29) is 17.9 Å². The number of halogens is 1. The predicted octanol–water partition coefficient (Wildman–Crippen LogP) is 1.27. The molecule has 0 aliphatic heterocycles. The molecule has 5 heteroatoms. The molecule has 1 amide bonds. The molecule has 0 aromatic heterocycles. The lowest BCUT2D eigenvalue weighted by molar-refractivity contribution is 0.0921. The van der Waals surface area contributed by atoms with Crippen molar-refractivity contribution >= 4 is 21.8 Å². The van der Waals surface area contributed by atoms with E-state index in [1.165, 1.54) is 12.1 Å². The summed E-state index contributed by atoms with van der Waals surface area (Å²) < 4.78 is 0.701.